The Labute approximate surface area is 131 Å². The maximum atomic E-state index is 5.62. The van der Waals surface area contributed by atoms with E-state index >= 15 is 0 Å². The molecule has 22 heavy (non-hydrogen) atoms. The van der Waals surface area contributed by atoms with E-state index < -0.39 is 0 Å². The van der Waals surface area contributed by atoms with Crippen molar-refractivity contribution < 1.29 is 9.47 Å². The summed E-state index contributed by atoms with van der Waals surface area (Å²) in [6.07, 6.45) is 5.22. The van der Waals surface area contributed by atoms with Gasteiger partial charge in [-0.25, -0.2) is 0 Å². The third-order valence-corrected chi connectivity index (χ3v) is 3.80. The van der Waals surface area contributed by atoms with Crippen LogP contribution in [0, 0.1) is 6.42 Å². The molecule has 0 bridgehead atoms. The van der Waals surface area contributed by atoms with E-state index in [1.54, 1.807) is 14.2 Å². The lowest BCUT2D eigenvalue weighted by molar-refractivity contribution is 0.309. The normalized spacial score (nSPS) is 14.5. The Kier molecular flexibility index (Phi) is 4.29. The van der Waals surface area contributed by atoms with Crippen LogP contribution in [0.25, 0.3) is 11.1 Å². The number of rotatable bonds is 4. The third-order valence-electron chi connectivity index (χ3n) is 3.80. The van der Waals surface area contributed by atoms with Crippen LogP contribution in [0.3, 0.4) is 0 Å². The van der Waals surface area contributed by atoms with Crippen LogP contribution in [0.4, 0.5) is 0 Å². The molecule has 2 aromatic rings. The predicted molar refractivity (Wildman–Crippen MR) is 90.3 cm³/mol. The summed E-state index contributed by atoms with van der Waals surface area (Å²) in [4.78, 5) is 0. The monoisotopic (exact) mass is 291 g/mol. The van der Waals surface area contributed by atoms with Gasteiger partial charge in [-0.1, -0.05) is 42.5 Å². The molecule has 1 aliphatic rings. The molecule has 0 unspecified atom stereocenters. The highest BCUT2D eigenvalue weighted by molar-refractivity contribution is 6.01. The Balaban J connectivity index is 2.18. The summed E-state index contributed by atoms with van der Waals surface area (Å²) in [5.74, 6) is 1.78. The molecule has 0 N–H and O–H groups in total. The van der Waals surface area contributed by atoms with E-state index in [1.807, 2.05) is 30.3 Å². The molecule has 0 amide bonds. The van der Waals surface area contributed by atoms with Gasteiger partial charge in [-0.15, -0.1) is 0 Å². The van der Waals surface area contributed by atoms with Gasteiger partial charge in [0.1, 0.15) is 11.5 Å². The highest BCUT2D eigenvalue weighted by Gasteiger charge is 2.20. The summed E-state index contributed by atoms with van der Waals surface area (Å²) in [6.45, 7) is 0. The first kappa shape index (κ1) is 14.5. The number of hydrogen-bond acceptors (Lipinski definition) is 2. The molecule has 0 aromatic heterocycles. The SMILES string of the molecule is COC1=CC[CH]C(c2cccc(OC)c2)=C1c1ccccc1. The largest absolute Gasteiger partial charge is 0.497 e. The van der Waals surface area contributed by atoms with Crippen LogP contribution in [0.15, 0.2) is 66.4 Å². The topological polar surface area (TPSA) is 18.5 Å². The first-order valence-corrected chi connectivity index (χ1v) is 7.35. The minimum atomic E-state index is 0.860. The summed E-state index contributed by atoms with van der Waals surface area (Å²) in [7, 11) is 3.42. The van der Waals surface area contributed by atoms with Crippen LogP contribution in [0.2, 0.25) is 0 Å². The second kappa shape index (κ2) is 6.52. The summed E-state index contributed by atoms with van der Waals surface area (Å²) < 4.78 is 11.0. The van der Waals surface area contributed by atoms with Crippen molar-refractivity contribution in [2.24, 2.45) is 0 Å². The molecule has 2 aromatic carbocycles. The highest BCUT2D eigenvalue weighted by atomic mass is 16.5. The molecule has 0 saturated heterocycles. The molecular formula is C20H19O2. The number of ether oxygens (including phenoxy) is 2. The third kappa shape index (κ3) is 2.77. The van der Waals surface area contributed by atoms with Crippen LogP contribution < -0.4 is 4.74 Å². The lowest BCUT2D eigenvalue weighted by Gasteiger charge is -2.22. The van der Waals surface area contributed by atoms with Crippen molar-refractivity contribution in [3.63, 3.8) is 0 Å². The first-order chi connectivity index (χ1) is 10.8. The zero-order valence-electron chi connectivity index (χ0n) is 12.9. The van der Waals surface area contributed by atoms with Crippen molar-refractivity contribution >= 4 is 11.1 Å². The van der Waals surface area contributed by atoms with E-state index in [0.29, 0.717) is 0 Å². The van der Waals surface area contributed by atoms with Crippen molar-refractivity contribution in [2.45, 2.75) is 6.42 Å². The quantitative estimate of drug-likeness (QED) is 0.809. The summed E-state index contributed by atoms with van der Waals surface area (Å²) in [5.41, 5.74) is 4.61. The van der Waals surface area contributed by atoms with Crippen LogP contribution >= 0.6 is 0 Å². The van der Waals surface area contributed by atoms with Gasteiger partial charge >= 0.3 is 0 Å². The zero-order chi connectivity index (χ0) is 15.4. The summed E-state index contributed by atoms with van der Waals surface area (Å²) in [6, 6.07) is 18.5. The van der Waals surface area contributed by atoms with Gasteiger partial charge in [0.25, 0.3) is 0 Å². The first-order valence-electron chi connectivity index (χ1n) is 7.35. The maximum Gasteiger partial charge on any atom is 0.123 e. The average molecular weight is 291 g/mol. The molecule has 1 aliphatic carbocycles. The molecule has 0 aliphatic heterocycles. The molecule has 0 saturated carbocycles. The van der Waals surface area contributed by atoms with Crippen molar-refractivity contribution in [1.29, 1.82) is 0 Å². The fraction of sp³-hybridized carbons (Fsp3) is 0.150. The maximum absolute atomic E-state index is 5.62. The standard InChI is InChI=1S/C20H19O2/c1-21-17-11-6-10-16(14-17)18-12-7-13-19(22-2)20(18)15-8-4-3-5-9-15/h3-6,8-14H,7H2,1-2H3. The average Bonchev–Trinajstić information content (AvgIpc) is 2.61. The van der Waals surface area contributed by atoms with E-state index in [4.69, 9.17) is 9.47 Å². The Hall–Kier alpha value is -2.48. The van der Waals surface area contributed by atoms with Crippen molar-refractivity contribution in [3.05, 3.63) is 84.0 Å². The van der Waals surface area contributed by atoms with Crippen molar-refractivity contribution in [2.75, 3.05) is 14.2 Å². The fourth-order valence-corrected chi connectivity index (χ4v) is 2.76. The Morgan fingerprint density at radius 3 is 2.32 bits per heavy atom. The van der Waals surface area contributed by atoms with Gasteiger partial charge < -0.3 is 9.47 Å². The predicted octanol–water partition coefficient (Wildman–Crippen LogP) is 4.74. The molecule has 0 spiro atoms. The van der Waals surface area contributed by atoms with E-state index in [9.17, 15) is 0 Å². The lowest BCUT2D eigenvalue weighted by Crippen LogP contribution is -2.03. The van der Waals surface area contributed by atoms with E-state index in [0.717, 1.165) is 34.6 Å². The number of allylic oxidation sites excluding steroid dienone is 3. The number of methoxy groups -OCH3 is 2. The molecule has 111 valence electrons. The number of hydrogen-bond donors (Lipinski definition) is 0. The van der Waals surface area contributed by atoms with Crippen LogP contribution in [0.5, 0.6) is 5.75 Å². The molecule has 0 heterocycles. The second-order valence-electron chi connectivity index (χ2n) is 5.10. The van der Waals surface area contributed by atoms with Crippen LogP contribution in [0.1, 0.15) is 17.5 Å². The van der Waals surface area contributed by atoms with Crippen LogP contribution in [-0.2, 0) is 4.74 Å². The summed E-state index contributed by atoms with van der Waals surface area (Å²) in [5, 5.41) is 0. The van der Waals surface area contributed by atoms with Gasteiger partial charge in [-0.3, -0.25) is 0 Å². The second-order valence-corrected chi connectivity index (χ2v) is 5.10. The van der Waals surface area contributed by atoms with Gasteiger partial charge in [0, 0.05) is 5.57 Å². The molecule has 1 radical (unpaired) electrons. The zero-order valence-corrected chi connectivity index (χ0v) is 12.9. The molecule has 2 nitrogen and oxygen atoms in total. The van der Waals surface area contributed by atoms with Gasteiger partial charge in [-0.05, 0) is 47.8 Å². The van der Waals surface area contributed by atoms with Gasteiger partial charge in [0.05, 0.1) is 14.2 Å². The summed E-state index contributed by atoms with van der Waals surface area (Å²) >= 11 is 0. The van der Waals surface area contributed by atoms with Gasteiger partial charge in [-0.2, -0.15) is 0 Å². The van der Waals surface area contributed by atoms with Crippen LogP contribution in [-0.4, -0.2) is 14.2 Å². The molecule has 0 atom stereocenters. The highest BCUT2D eigenvalue weighted by Crippen LogP contribution is 2.39. The fourth-order valence-electron chi connectivity index (χ4n) is 2.76. The number of benzene rings is 2. The molecule has 3 rings (SSSR count). The molecular weight excluding hydrogens is 272 g/mol. The van der Waals surface area contributed by atoms with Crippen molar-refractivity contribution in [1.82, 2.24) is 0 Å². The smallest absolute Gasteiger partial charge is 0.123 e. The van der Waals surface area contributed by atoms with Gasteiger partial charge in [0.15, 0.2) is 0 Å². The van der Waals surface area contributed by atoms with E-state index in [2.05, 4.69) is 36.8 Å². The van der Waals surface area contributed by atoms with E-state index in [-0.39, 0.29) is 0 Å². The minimum absolute atomic E-state index is 0.860. The van der Waals surface area contributed by atoms with E-state index in [1.165, 1.54) is 5.57 Å². The Morgan fingerprint density at radius 1 is 0.818 bits per heavy atom. The van der Waals surface area contributed by atoms with Gasteiger partial charge in [0.2, 0.25) is 0 Å². The molecule has 0 fully saturated rings. The van der Waals surface area contributed by atoms with Crippen molar-refractivity contribution in [3.8, 4) is 5.75 Å². The lowest BCUT2D eigenvalue weighted by atomic mass is 9.86. The Morgan fingerprint density at radius 2 is 1.59 bits per heavy atom. The minimum Gasteiger partial charge on any atom is -0.497 e. The Bertz CT molecular complexity index is 711. The molecule has 2 heteroatoms.